The Morgan fingerprint density at radius 1 is 1.17 bits per heavy atom. The van der Waals surface area contributed by atoms with Crippen LogP contribution in [-0.4, -0.2) is 17.8 Å². The first-order chi connectivity index (χ1) is 8.58. The highest BCUT2D eigenvalue weighted by molar-refractivity contribution is 5.23. The molecule has 18 heavy (non-hydrogen) atoms. The van der Waals surface area contributed by atoms with Crippen LogP contribution in [0.5, 0.6) is 0 Å². The van der Waals surface area contributed by atoms with Gasteiger partial charge in [0.25, 0.3) is 0 Å². The van der Waals surface area contributed by atoms with E-state index in [0.717, 1.165) is 25.3 Å². The Labute approximate surface area is 107 Å². The van der Waals surface area contributed by atoms with Crippen molar-refractivity contribution in [3.8, 4) is 0 Å². The molecular formula is C14H21F2NO. The highest BCUT2D eigenvalue weighted by Gasteiger charge is 2.20. The van der Waals surface area contributed by atoms with Crippen LogP contribution in [0.1, 0.15) is 44.1 Å². The normalized spacial score (nSPS) is 14.5. The van der Waals surface area contributed by atoms with Gasteiger partial charge in [0.1, 0.15) is 11.6 Å². The van der Waals surface area contributed by atoms with Crippen LogP contribution in [0.15, 0.2) is 18.2 Å². The van der Waals surface area contributed by atoms with Crippen molar-refractivity contribution in [1.82, 2.24) is 0 Å². The lowest BCUT2D eigenvalue weighted by molar-refractivity contribution is 0.132. The first-order valence-corrected chi connectivity index (χ1v) is 6.42. The molecule has 2 nitrogen and oxygen atoms in total. The van der Waals surface area contributed by atoms with Gasteiger partial charge < -0.3 is 10.8 Å². The number of halogens is 2. The Balaban J connectivity index is 2.74. The SMILES string of the molecule is CCCCCC(O)C(CN)c1cc(F)cc(F)c1. The summed E-state index contributed by atoms with van der Waals surface area (Å²) in [5, 5.41) is 10.0. The van der Waals surface area contributed by atoms with Crippen molar-refractivity contribution in [3.05, 3.63) is 35.4 Å². The zero-order valence-electron chi connectivity index (χ0n) is 10.7. The van der Waals surface area contributed by atoms with Crippen molar-refractivity contribution >= 4 is 0 Å². The van der Waals surface area contributed by atoms with Crippen molar-refractivity contribution in [3.63, 3.8) is 0 Å². The van der Waals surface area contributed by atoms with Gasteiger partial charge in [0.15, 0.2) is 0 Å². The highest BCUT2D eigenvalue weighted by Crippen LogP contribution is 2.24. The first-order valence-electron chi connectivity index (χ1n) is 6.42. The van der Waals surface area contributed by atoms with Crippen LogP contribution in [-0.2, 0) is 0 Å². The second-order valence-corrected chi connectivity index (χ2v) is 4.61. The van der Waals surface area contributed by atoms with E-state index in [1.807, 2.05) is 0 Å². The van der Waals surface area contributed by atoms with Crippen molar-refractivity contribution in [2.24, 2.45) is 5.73 Å². The van der Waals surface area contributed by atoms with Crippen LogP contribution in [0.3, 0.4) is 0 Å². The third-order valence-electron chi connectivity index (χ3n) is 3.13. The van der Waals surface area contributed by atoms with E-state index in [-0.39, 0.29) is 6.54 Å². The van der Waals surface area contributed by atoms with E-state index < -0.39 is 23.7 Å². The number of aliphatic hydroxyl groups is 1. The summed E-state index contributed by atoms with van der Waals surface area (Å²) in [4.78, 5) is 0. The van der Waals surface area contributed by atoms with Gasteiger partial charge in [-0.25, -0.2) is 8.78 Å². The zero-order chi connectivity index (χ0) is 13.5. The second-order valence-electron chi connectivity index (χ2n) is 4.61. The number of benzene rings is 1. The van der Waals surface area contributed by atoms with Gasteiger partial charge in [0, 0.05) is 18.5 Å². The Morgan fingerprint density at radius 2 is 1.78 bits per heavy atom. The Hall–Kier alpha value is -1.00. The predicted octanol–water partition coefficient (Wildman–Crippen LogP) is 2.95. The van der Waals surface area contributed by atoms with Crippen LogP contribution in [0.4, 0.5) is 8.78 Å². The zero-order valence-corrected chi connectivity index (χ0v) is 10.7. The van der Waals surface area contributed by atoms with Crippen molar-refractivity contribution < 1.29 is 13.9 Å². The van der Waals surface area contributed by atoms with Gasteiger partial charge in [-0.3, -0.25) is 0 Å². The molecule has 2 unspecified atom stereocenters. The fraction of sp³-hybridized carbons (Fsp3) is 0.571. The van der Waals surface area contributed by atoms with Crippen molar-refractivity contribution in [2.75, 3.05) is 6.54 Å². The molecule has 0 amide bonds. The number of rotatable bonds is 7. The number of aliphatic hydroxyl groups excluding tert-OH is 1. The monoisotopic (exact) mass is 257 g/mol. The summed E-state index contributed by atoms with van der Waals surface area (Å²) in [6, 6.07) is 3.30. The Morgan fingerprint density at radius 3 is 2.28 bits per heavy atom. The van der Waals surface area contributed by atoms with E-state index in [1.165, 1.54) is 12.1 Å². The molecule has 4 heteroatoms. The maximum Gasteiger partial charge on any atom is 0.126 e. The molecule has 3 N–H and O–H groups in total. The van der Waals surface area contributed by atoms with Gasteiger partial charge in [0.2, 0.25) is 0 Å². The summed E-state index contributed by atoms with van der Waals surface area (Å²) in [5.41, 5.74) is 6.03. The lowest BCUT2D eigenvalue weighted by Crippen LogP contribution is -2.26. The third-order valence-corrected chi connectivity index (χ3v) is 3.13. The van der Waals surface area contributed by atoms with Gasteiger partial charge >= 0.3 is 0 Å². The van der Waals surface area contributed by atoms with E-state index in [2.05, 4.69) is 6.92 Å². The predicted molar refractivity (Wildman–Crippen MR) is 68.3 cm³/mol. The lowest BCUT2D eigenvalue weighted by atomic mass is 9.90. The van der Waals surface area contributed by atoms with Crippen LogP contribution < -0.4 is 5.73 Å². The molecule has 102 valence electrons. The number of unbranched alkanes of at least 4 members (excludes halogenated alkanes) is 2. The molecule has 0 bridgehead atoms. The van der Waals surface area contributed by atoms with Gasteiger partial charge in [-0.2, -0.15) is 0 Å². The quantitative estimate of drug-likeness (QED) is 0.738. The molecule has 0 aliphatic carbocycles. The maximum absolute atomic E-state index is 13.1. The molecule has 0 spiro atoms. The van der Waals surface area contributed by atoms with E-state index >= 15 is 0 Å². The molecule has 1 rings (SSSR count). The average Bonchev–Trinajstić information content (AvgIpc) is 2.29. The number of hydrogen-bond donors (Lipinski definition) is 2. The highest BCUT2D eigenvalue weighted by atomic mass is 19.1. The summed E-state index contributed by atoms with van der Waals surface area (Å²) in [6.45, 7) is 2.25. The van der Waals surface area contributed by atoms with Gasteiger partial charge in [-0.05, 0) is 24.1 Å². The van der Waals surface area contributed by atoms with Gasteiger partial charge in [-0.15, -0.1) is 0 Å². The van der Waals surface area contributed by atoms with Crippen LogP contribution in [0.25, 0.3) is 0 Å². The molecule has 0 aliphatic heterocycles. The van der Waals surface area contributed by atoms with E-state index in [9.17, 15) is 13.9 Å². The standard InChI is InChI=1S/C14H21F2NO/c1-2-3-4-5-14(18)13(9-17)10-6-11(15)8-12(16)7-10/h6-8,13-14,18H,2-5,9,17H2,1H3. The second kappa shape index (κ2) is 7.44. The molecular weight excluding hydrogens is 236 g/mol. The average molecular weight is 257 g/mol. The van der Waals surface area contributed by atoms with Crippen LogP contribution >= 0.6 is 0 Å². The summed E-state index contributed by atoms with van der Waals surface area (Å²) in [6.07, 6.45) is 2.95. The topological polar surface area (TPSA) is 46.2 Å². The van der Waals surface area contributed by atoms with Crippen LogP contribution in [0.2, 0.25) is 0 Å². The minimum atomic E-state index is -0.650. The fourth-order valence-corrected chi connectivity index (χ4v) is 2.11. The molecule has 0 saturated carbocycles. The molecule has 1 aromatic carbocycles. The molecule has 1 aromatic rings. The van der Waals surface area contributed by atoms with Gasteiger partial charge in [0.05, 0.1) is 6.10 Å². The van der Waals surface area contributed by atoms with E-state index in [0.29, 0.717) is 12.0 Å². The molecule has 0 heterocycles. The molecule has 0 saturated heterocycles. The fourth-order valence-electron chi connectivity index (χ4n) is 2.11. The molecule has 0 aromatic heterocycles. The maximum atomic E-state index is 13.1. The molecule has 0 aliphatic rings. The van der Waals surface area contributed by atoms with Crippen molar-refractivity contribution in [2.45, 2.75) is 44.6 Å². The summed E-state index contributed by atoms with van der Waals surface area (Å²) < 4.78 is 26.3. The Kier molecular flexibility index (Phi) is 6.22. The number of hydrogen-bond acceptors (Lipinski definition) is 2. The molecule has 2 atom stereocenters. The molecule has 0 radical (unpaired) electrons. The summed E-state index contributed by atoms with van der Waals surface area (Å²) in [5.74, 6) is -1.68. The van der Waals surface area contributed by atoms with Crippen LogP contribution in [0, 0.1) is 11.6 Å². The van der Waals surface area contributed by atoms with Crippen molar-refractivity contribution in [1.29, 1.82) is 0 Å². The molecule has 0 fully saturated rings. The summed E-state index contributed by atoms with van der Waals surface area (Å²) in [7, 11) is 0. The Bertz CT molecular complexity index is 351. The third kappa shape index (κ3) is 4.35. The smallest absolute Gasteiger partial charge is 0.126 e. The van der Waals surface area contributed by atoms with Gasteiger partial charge in [-0.1, -0.05) is 26.2 Å². The minimum absolute atomic E-state index is 0.177. The largest absolute Gasteiger partial charge is 0.392 e. The summed E-state index contributed by atoms with van der Waals surface area (Å²) >= 11 is 0. The van der Waals surface area contributed by atoms with E-state index in [1.54, 1.807) is 0 Å². The number of nitrogens with two attached hydrogens (primary N) is 1. The van der Waals surface area contributed by atoms with E-state index in [4.69, 9.17) is 5.73 Å². The lowest BCUT2D eigenvalue weighted by Gasteiger charge is -2.22. The first kappa shape index (κ1) is 15.1. The minimum Gasteiger partial charge on any atom is -0.392 e.